The van der Waals surface area contributed by atoms with E-state index in [1.165, 1.54) is 302 Å². The normalized spacial score (nSPS) is 23.6. The summed E-state index contributed by atoms with van der Waals surface area (Å²) in [6.45, 7) is 26.7. The highest BCUT2D eigenvalue weighted by Gasteiger charge is 2.53. The van der Waals surface area contributed by atoms with Crippen molar-refractivity contribution < 1.29 is 32.5 Å². The molecule has 7 N–H and O–H groups in total. The summed E-state index contributed by atoms with van der Waals surface area (Å²) >= 11 is 0. The highest BCUT2D eigenvalue weighted by molar-refractivity contribution is 5.92. The van der Waals surface area contributed by atoms with E-state index in [4.69, 9.17) is 27.9 Å². The molecule has 0 unspecified atom stereocenters. The molecule has 23 rings (SSSR count). The van der Waals surface area contributed by atoms with Crippen molar-refractivity contribution in [2.24, 2.45) is 52.8 Å². The lowest BCUT2D eigenvalue weighted by Crippen LogP contribution is -2.54. The van der Waals surface area contributed by atoms with E-state index in [9.17, 15) is 9.59 Å². The fourth-order valence-corrected chi connectivity index (χ4v) is 26.8. The maximum atomic E-state index is 12.9. The third kappa shape index (κ3) is 27.8. The fourth-order valence-electron chi connectivity index (χ4n) is 26.8. The van der Waals surface area contributed by atoms with E-state index >= 15 is 0 Å². The molecule has 0 aliphatic heterocycles. The van der Waals surface area contributed by atoms with Crippen LogP contribution in [0.2, 0.25) is 0 Å². The monoisotopic (exact) mass is 1910 g/mol. The molecule has 22 nitrogen and oxygen atoms in total. The summed E-state index contributed by atoms with van der Waals surface area (Å²) in [5, 5.41) is 34.0. The Morgan fingerprint density at radius 2 is 0.850 bits per heavy atom. The van der Waals surface area contributed by atoms with Gasteiger partial charge in [-0.25, -0.2) is 24.5 Å². The van der Waals surface area contributed by atoms with E-state index in [0.717, 1.165) is 137 Å². The lowest BCUT2D eigenvalue weighted by atomic mass is 9.48. The largest absolute Gasteiger partial charge is 0.456 e. The van der Waals surface area contributed by atoms with Gasteiger partial charge in [-0.15, -0.1) is 0 Å². The Morgan fingerprint density at radius 1 is 0.436 bits per heavy atom. The molecule has 0 saturated heterocycles. The summed E-state index contributed by atoms with van der Waals surface area (Å²) in [6.07, 6.45) is 66.5. The molecule has 14 fully saturated rings. The average molecular weight is 1910 g/mol. The molecule has 756 valence electrons. The Morgan fingerprint density at radius 3 is 1.31 bits per heavy atom. The number of ether oxygens (including phenoxy) is 2. The molecule has 14 aliphatic carbocycles. The van der Waals surface area contributed by atoms with Crippen LogP contribution in [0.5, 0.6) is 0 Å². The number of carbonyl (C=O) groups excluding carboxylic acids is 2. The third-order valence-corrected chi connectivity index (χ3v) is 33.0. The number of nitrogens with zero attached hydrogens (tertiary/aromatic N) is 8. The molecule has 22 heteroatoms. The number of hydrogen-bond acceptors (Lipinski definition) is 22. The number of hydrogen-bond donors (Lipinski definition) is 7. The minimum atomic E-state index is -0.499. The lowest BCUT2D eigenvalue weighted by Gasteiger charge is -2.57. The van der Waals surface area contributed by atoms with Gasteiger partial charge >= 0.3 is 11.9 Å². The summed E-state index contributed by atoms with van der Waals surface area (Å²) in [5.74, 6) is 11.6. The van der Waals surface area contributed by atoms with Gasteiger partial charge in [-0.3, -0.25) is 4.98 Å². The number of nitrogens with one attached hydrogen (secondary N) is 7. The number of oxazole rings is 1. The first-order chi connectivity index (χ1) is 67.6. The zero-order valence-corrected chi connectivity index (χ0v) is 87.2. The van der Waals surface area contributed by atoms with E-state index in [0.29, 0.717) is 76.1 Å². The van der Waals surface area contributed by atoms with Gasteiger partial charge in [-0.1, -0.05) is 183 Å². The molecule has 0 amide bonds. The first kappa shape index (κ1) is 102. The first-order valence-corrected chi connectivity index (χ1v) is 55.3. The summed E-state index contributed by atoms with van der Waals surface area (Å²) in [4.78, 5) is 53.0. The van der Waals surface area contributed by atoms with Crippen LogP contribution in [0, 0.1) is 87.4 Å². The molecular weight excluding hydrogens is 1740 g/mol. The number of esters is 2. The van der Waals surface area contributed by atoms with Crippen LogP contribution in [-0.4, -0.2) is 99.1 Å². The van der Waals surface area contributed by atoms with Gasteiger partial charge in [0.15, 0.2) is 11.6 Å². The molecule has 14 aliphatic rings. The van der Waals surface area contributed by atoms with Crippen LogP contribution in [0.15, 0.2) is 111 Å². The van der Waals surface area contributed by atoms with Crippen LogP contribution in [-0.2, 0) is 35.3 Å². The number of aromatic nitrogens is 8. The summed E-state index contributed by atoms with van der Waals surface area (Å²) in [6, 6.07) is 28.0. The van der Waals surface area contributed by atoms with Gasteiger partial charge in [-0.05, 0) is 360 Å². The van der Waals surface area contributed by atoms with Crippen molar-refractivity contribution in [3.8, 4) is 34.4 Å². The van der Waals surface area contributed by atoms with Crippen LogP contribution in [0.4, 0.5) is 40.1 Å². The molecule has 0 spiro atoms. The van der Waals surface area contributed by atoms with Crippen molar-refractivity contribution in [3.05, 3.63) is 160 Å². The predicted molar refractivity (Wildman–Crippen MR) is 566 cm³/mol. The number of rotatable bonds is 28. The van der Waals surface area contributed by atoms with E-state index in [-0.39, 0.29) is 17.5 Å². The topological polar surface area (TPSA) is 279 Å². The van der Waals surface area contributed by atoms with Crippen molar-refractivity contribution in [2.45, 2.75) is 432 Å². The molecular formula is C118H167N15O7. The second-order valence-electron chi connectivity index (χ2n) is 47.2. The Labute approximate surface area is 836 Å². The molecule has 0 radical (unpaired) electrons. The quantitative estimate of drug-likeness (QED) is 0.0224. The second kappa shape index (κ2) is 46.7. The van der Waals surface area contributed by atoms with Crippen LogP contribution in [0.25, 0.3) is 34.4 Å². The SMILES string of the molecule is CC(C)(C)OC(=O)c1ccc(CC2CCCCC2)c(NC23CC4CC(CC(C4)C2)C3)c1.CCC(CC)Nc1cc(-c2nc(C)no2)cnc1NC1CCCCC1.Cc1cccc(C)c1CNc1cc(C(=O)OC(C)(C)C)ccc1CC12CC3CC(CC(C3)C1)C2.Cc1coc(-c2cnc(CC3CCCCC3)c(NC3CCCCC3)c2)n1.Cc1noc(-c2cnc(NC3CCCC3)c(NC3CCCC3)c2)n1. The van der Waals surface area contributed by atoms with Gasteiger partial charge in [-0.2, -0.15) is 9.97 Å². The maximum Gasteiger partial charge on any atom is 0.338 e. The minimum absolute atomic E-state index is 0.203. The standard InChI is InChI=1S/C31H41NO2.C28H41NO2.C22H31N3O.C19H29N5O.C18H25N5O/c1-20-7-6-8-21(2)27(20)19-32-28-14-25(29(33)34-30(3,4)5)9-10-26(28)18-31-15-22-11-23(16-31)13-24(12-22)17-31;1-27(2,3)31-26(30)24-10-9-23(14-19-7-5-4-6-8-19)25(15-24)29-28-16-20-11-21(17-28)13-22(12-20)18-28;1-16-15-26-22(24-16)18-13-21(25-19-10-6-3-7-11-19)20(23-14-18)12-17-8-4-2-5-9-17;1-4-15(5-2)22-17-11-14(19-21-13(3)24-25-19)12-20-18(17)23-16-9-7-6-8-10-16;1-12-20-18(24-23-12)13-10-16(21-14-6-2-3-7-14)17(19-11-13)22-15-8-4-5-9-15/h6-10,14,22-24,32H,11-13,15-19H2,1-5H3;9-10,15,19-22,29H,4-8,11-14,16-18H2,1-3H3;13-15,17,19,25H,2-12H2,1H3;11-12,15-16,22H,4-10H2,1-3H3,(H,20,23);10-11,14-15,21H,2-9H2,1H3,(H,19,22). The number of aryl methyl sites for hydroxylation is 5. The molecule has 14 saturated carbocycles. The Hall–Kier alpha value is -9.86. The zero-order valence-electron chi connectivity index (χ0n) is 87.2. The Bertz CT molecular complexity index is 5430. The summed E-state index contributed by atoms with van der Waals surface area (Å²) < 4.78 is 27.6. The van der Waals surface area contributed by atoms with Gasteiger partial charge < -0.3 is 60.2 Å². The molecule has 3 aromatic carbocycles. The smallest absolute Gasteiger partial charge is 0.338 e. The van der Waals surface area contributed by atoms with Crippen molar-refractivity contribution in [3.63, 3.8) is 0 Å². The zero-order chi connectivity index (χ0) is 97.5. The van der Waals surface area contributed by atoms with E-state index in [1.807, 2.05) is 99.1 Å². The van der Waals surface area contributed by atoms with Gasteiger partial charge in [0.25, 0.3) is 11.8 Å². The van der Waals surface area contributed by atoms with Crippen molar-refractivity contribution in [1.29, 1.82) is 0 Å². The Balaban J connectivity index is 0.000000121. The van der Waals surface area contributed by atoms with Gasteiger partial charge in [0.1, 0.15) is 29.1 Å². The van der Waals surface area contributed by atoms with Crippen LogP contribution < -0.4 is 37.2 Å². The van der Waals surface area contributed by atoms with E-state index < -0.39 is 11.2 Å². The third-order valence-electron chi connectivity index (χ3n) is 33.0. The maximum absolute atomic E-state index is 12.9. The van der Waals surface area contributed by atoms with Gasteiger partial charge in [0.05, 0.1) is 56.3 Å². The number of pyridine rings is 3. The molecule has 9 aromatic rings. The summed E-state index contributed by atoms with van der Waals surface area (Å²) in [7, 11) is 0. The highest BCUT2D eigenvalue weighted by atomic mass is 16.6. The molecule has 140 heavy (non-hydrogen) atoms. The average Bonchev–Trinajstić information content (AvgIpc) is 0.972. The predicted octanol–water partition coefficient (Wildman–Crippen LogP) is 29.6. The molecule has 6 aromatic heterocycles. The molecule has 8 bridgehead atoms. The Kier molecular flexibility index (Phi) is 33.9. The van der Waals surface area contributed by atoms with Crippen LogP contribution in [0.3, 0.4) is 0 Å². The van der Waals surface area contributed by atoms with Crippen LogP contribution >= 0.6 is 0 Å². The fraction of sp³-hybridized carbons (Fsp3) is 0.644. The number of carbonyl (C=O) groups is 2. The van der Waals surface area contributed by atoms with Crippen molar-refractivity contribution in [1.82, 2.24) is 40.2 Å². The molecule has 0 atom stereocenters. The number of anilines is 7. The first-order valence-electron chi connectivity index (χ1n) is 55.3. The van der Waals surface area contributed by atoms with Crippen LogP contribution in [0.1, 0.15) is 397 Å². The summed E-state index contributed by atoms with van der Waals surface area (Å²) in [5.41, 5.74) is 18.2. The number of benzene rings is 3. The lowest BCUT2D eigenvalue weighted by molar-refractivity contribution is -0.0521. The highest BCUT2D eigenvalue weighted by Crippen LogP contribution is 2.62. The van der Waals surface area contributed by atoms with E-state index in [2.05, 4.69) is 155 Å². The van der Waals surface area contributed by atoms with Crippen molar-refractivity contribution >= 4 is 52.0 Å². The van der Waals surface area contributed by atoms with Gasteiger partial charge in [0, 0.05) is 72.3 Å². The minimum Gasteiger partial charge on any atom is -0.456 e. The van der Waals surface area contributed by atoms with Crippen molar-refractivity contribution in [2.75, 3.05) is 37.2 Å². The molecule has 6 heterocycles. The van der Waals surface area contributed by atoms with Gasteiger partial charge in [0.2, 0.25) is 5.89 Å². The second-order valence-corrected chi connectivity index (χ2v) is 47.2. The van der Waals surface area contributed by atoms with E-state index in [1.54, 1.807) is 6.26 Å².